The number of fused-ring (bicyclic) bond motifs is 1. The molecule has 1 amide bonds. The van der Waals surface area contributed by atoms with Crippen LogP contribution >= 0.6 is 0 Å². The van der Waals surface area contributed by atoms with Gasteiger partial charge in [0.2, 0.25) is 11.9 Å². The number of carbonyl (C=O) groups is 1. The number of benzene rings is 1. The van der Waals surface area contributed by atoms with E-state index < -0.39 is 6.09 Å². The number of amides is 1. The van der Waals surface area contributed by atoms with Crippen LogP contribution in [0.5, 0.6) is 5.75 Å². The molecule has 1 saturated heterocycles. The maximum absolute atomic E-state index is 12.2. The fourth-order valence-corrected chi connectivity index (χ4v) is 3.83. The van der Waals surface area contributed by atoms with Crippen LogP contribution in [-0.4, -0.2) is 45.8 Å². The van der Waals surface area contributed by atoms with Gasteiger partial charge in [0.05, 0.1) is 18.7 Å². The predicted octanol–water partition coefficient (Wildman–Crippen LogP) is 5.25. The number of ether oxygens (including phenoxy) is 2. The van der Waals surface area contributed by atoms with Gasteiger partial charge < -0.3 is 14.8 Å². The average Bonchev–Trinajstić information content (AvgIpc) is 3.25. The first-order chi connectivity index (χ1) is 16.5. The van der Waals surface area contributed by atoms with Crippen molar-refractivity contribution in [1.29, 1.82) is 0 Å². The van der Waals surface area contributed by atoms with Gasteiger partial charge in [0.25, 0.3) is 0 Å². The Morgan fingerprint density at radius 1 is 1.24 bits per heavy atom. The molecule has 1 atom stereocenters. The number of pyridine rings is 1. The lowest BCUT2D eigenvalue weighted by Gasteiger charge is -2.22. The van der Waals surface area contributed by atoms with Crippen molar-refractivity contribution in [2.45, 2.75) is 60.0 Å². The van der Waals surface area contributed by atoms with Crippen LogP contribution in [0.15, 0.2) is 30.7 Å². The number of rotatable bonds is 8. The van der Waals surface area contributed by atoms with Gasteiger partial charge in [-0.25, -0.2) is 19.7 Å². The molecule has 1 aliphatic rings. The van der Waals surface area contributed by atoms with Gasteiger partial charge in [-0.05, 0) is 35.6 Å². The lowest BCUT2D eigenvalue weighted by Crippen LogP contribution is -2.38. The SMILES string of the molecule is CC.CCCc1cc2cc(CNc3ncnc(N4C(=O)OC[C@@H]4C(C)C)n3)cnc2cc1OC.[HH]. The highest BCUT2D eigenvalue weighted by Crippen LogP contribution is 2.27. The summed E-state index contributed by atoms with van der Waals surface area (Å²) in [7, 11) is 1.69. The van der Waals surface area contributed by atoms with Gasteiger partial charge in [-0.3, -0.25) is 4.98 Å². The monoisotopic (exact) mass is 468 g/mol. The molecule has 3 heterocycles. The highest BCUT2D eigenvalue weighted by molar-refractivity contribution is 5.88. The summed E-state index contributed by atoms with van der Waals surface area (Å²) < 4.78 is 10.7. The minimum atomic E-state index is -0.433. The first-order valence-corrected chi connectivity index (χ1v) is 11.8. The van der Waals surface area contributed by atoms with E-state index in [0.717, 1.165) is 35.1 Å². The molecule has 1 fully saturated rings. The highest BCUT2D eigenvalue weighted by Gasteiger charge is 2.38. The average molecular weight is 469 g/mol. The van der Waals surface area contributed by atoms with Gasteiger partial charge in [-0.1, -0.05) is 41.0 Å². The molecule has 184 valence electrons. The van der Waals surface area contributed by atoms with E-state index in [1.54, 1.807) is 7.11 Å². The number of hydrogen-bond acceptors (Lipinski definition) is 8. The van der Waals surface area contributed by atoms with E-state index in [9.17, 15) is 4.79 Å². The van der Waals surface area contributed by atoms with Crippen LogP contribution in [0.25, 0.3) is 10.9 Å². The second-order valence-electron chi connectivity index (χ2n) is 8.17. The summed E-state index contributed by atoms with van der Waals surface area (Å²) in [5.41, 5.74) is 3.06. The number of aromatic nitrogens is 4. The van der Waals surface area contributed by atoms with E-state index in [2.05, 4.69) is 44.3 Å². The Labute approximate surface area is 202 Å². The maximum Gasteiger partial charge on any atom is 0.417 e. The molecule has 3 aromatic rings. The molecule has 0 radical (unpaired) electrons. The third kappa shape index (κ3) is 5.52. The summed E-state index contributed by atoms with van der Waals surface area (Å²) in [6, 6.07) is 6.12. The van der Waals surface area contributed by atoms with Crippen molar-refractivity contribution in [2.24, 2.45) is 5.92 Å². The van der Waals surface area contributed by atoms with Gasteiger partial charge in [-0.2, -0.15) is 4.98 Å². The lowest BCUT2D eigenvalue weighted by molar-refractivity contribution is 0.177. The standard InChI is InChI=1S/C23H28N6O3.C2H6.H2/c1-5-6-16-8-17-7-15(10-24-18(17)9-20(16)31-4)11-25-21-26-13-27-22(28-21)29-19(14(2)3)12-32-23(29)30;1-2;/h7-10,13-14,19H,5-6,11-12H2,1-4H3,(H,25,26,27,28);1-2H3;1H/t19-;;/m1../s1. The van der Waals surface area contributed by atoms with Gasteiger partial charge in [0, 0.05) is 25.6 Å². The molecular formula is C25H36N6O3. The number of aryl methyl sites for hydroxylation is 1. The van der Waals surface area contributed by atoms with Crippen LogP contribution in [0.4, 0.5) is 16.7 Å². The number of methoxy groups -OCH3 is 1. The van der Waals surface area contributed by atoms with Crippen LogP contribution in [-0.2, 0) is 17.7 Å². The topological polar surface area (TPSA) is 102 Å². The van der Waals surface area contributed by atoms with Crippen molar-refractivity contribution in [1.82, 2.24) is 19.9 Å². The van der Waals surface area contributed by atoms with Crippen molar-refractivity contribution in [3.63, 3.8) is 0 Å². The first-order valence-electron chi connectivity index (χ1n) is 11.8. The quantitative estimate of drug-likeness (QED) is 0.478. The molecule has 0 bridgehead atoms. The van der Waals surface area contributed by atoms with Crippen LogP contribution in [0.1, 0.15) is 53.6 Å². The van der Waals surface area contributed by atoms with E-state index in [-0.39, 0.29) is 19.3 Å². The zero-order valence-corrected chi connectivity index (χ0v) is 20.8. The Morgan fingerprint density at radius 2 is 2.03 bits per heavy atom. The second-order valence-corrected chi connectivity index (χ2v) is 8.17. The molecule has 2 aromatic heterocycles. The fourth-order valence-electron chi connectivity index (χ4n) is 3.83. The molecule has 4 rings (SSSR count). The van der Waals surface area contributed by atoms with Crippen LogP contribution in [0.2, 0.25) is 0 Å². The normalized spacial score (nSPS) is 15.2. The van der Waals surface area contributed by atoms with Crippen LogP contribution in [0.3, 0.4) is 0 Å². The smallest absolute Gasteiger partial charge is 0.417 e. The van der Waals surface area contributed by atoms with Gasteiger partial charge in [0.1, 0.15) is 18.7 Å². The lowest BCUT2D eigenvalue weighted by atomic mass is 10.0. The summed E-state index contributed by atoms with van der Waals surface area (Å²) in [6.45, 7) is 11.0. The summed E-state index contributed by atoms with van der Waals surface area (Å²) in [4.78, 5) is 31.1. The van der Waals surface area contributed by atoms with Gasteiger partial charge in [0.15, 0.2) is 0 Å². The number of carbonyl (C=O) groups excluding carboxylic acids is 1. The van der Waals surface area contributed by atoms with Crippen molar-refractivity contribution >= 4 is 28.9 Å². The number of anilines is 2. The maximum atomic E-state index is 12.2. The summed E-state index contributed by atoms with van der Waals surface area (Å²) in [5.74, 6) is 1.76. The third-order valence-corrected chi connectivity index (χ3v) is 5.56. The Bertz CT molecular complexity index is 1130. The van der Waals surface area contributed by atoms with E-state index in [1.165, 1.54) is 16.8 Å². The zero-order valence-electron chi connectivity index (χ0n) is 20.8. The van der Waals surface area contributed by atoms with Gasteiger partial charge >= 0.3 is 6.09 Å². The Balaban J connectivity index is 0.00000140. The van der Waals surface area contributed by atoms with Crippen molar-refractivity contribution in [3.05, 3.63) is 41.9 Å². The van der Waals surface area contributed by atoms with Crippen molar-refractivity contribution in [2.75, 3.05) is 23.9 Å². The molecular weight excluding hydrogens is 432 g/mol. The molecule has 0 aliphatic carbocycles. The molecule has 1 N–H and O–H groups in total. The van der Waals surface area contributed by atoms with Crippen LogP contribution < -0.4 is 15.0 Å². The van der Waals surface area contributed by atoms with E-state index in [1.807, 2.05) is 40.0 Å². The van der Waals surface area contributed by atoms with E-state index >= 15 is 0 Å². The molecule has 0 unspecified atom stereocenters. The highest BCUT2D eigenvalue weighted by atomic mass is 16.6. The molecule has 9 heteroatoms. The molecule has 0 spiro atoms. The minimum absolute atomic E-state index is 0. The predicted molar refractivity (Wildman–Crippen MR) is 135 cm³/mol. The number of nitrogens with one attached hydrogen (secondary N) is 1. The fraction of sp³-hybridized carbons (Fsp3) is 0.480. The summed E-state index contributed by atoms with van der Waals surface area (Å²) in [5, 5.41) is 4.26. The third-order valence-electron chi connectivity index (χ3n) is 5.56. The minimum Gasteiger partial charge on any atom is -0.496 e. The number of hydrogen-bond donors (Lipinski definition) is 1. The Hall–Kier alpha value is -3.49. The number of nitrogens with zero attached hydrogens (tertiary/aromatic N) is 5. The summed E-state index contributed by atoms with van der Waals surface area (Å²) in [6.07, 6.45) is 4.78. The zero-order chi connectivity index (χ0) is 24.7. The molecule has 34 heavy (non-hydrogen) atoms. The van der Waals surface area contributed by atoms with Crippen molar-refractivity contribution in [3.8, 4) is 5.75 Å². The van der Waals surface area contributed by atoms with Crippen LogP contribution in [0, 0.1) is 5.92 Å². The first kappa shape index (κ1) is 25.1. The molecule has 0 saturated carbocycles. The van der Waals surface area contributed by atoms with Gasteiger partial charge in [-0.15, -0.1) is 0 Å². The molecule has 9 nitrogen and oxygen atoms in total. The van der Waals surface area contributed by atoms with E-state index in [4.69, 9.17) is 9.47 Å². The molecule has 1 aromatic carbocycles. The largest absolute Gasteiger partial charge is 0.496 e. The number of cyclic esters (lactones) is 1. The summed E-state index contributed by atoms with van der Waals surface area (Å²) >= 11 is 0. The van der Waals surface area contributed by atoms with Crippen molar-refractivity contribution < 1.29 is 15.7 Å². The Kier molecular flexibility index (Phi) is 8.56. The molecule has 1 aliphatic heterocycles. The Morgan fingerprint density at radius 3 is 2.74 bits per heavy atom. The van der Waals surface area contributed by atoms with E-state index in [0.29, 0.717) is 19.1 Å². The second kappa shape index (κ2) is 11.6.